The van der Waals surface area contributed by atoms with Crippen LogP contribution in [-0.2, 0) is 16.0 Å². The first-order valence-corrected chi connectivity index (χ1v) is 8.19. The summed E-state index contributed by atoms with van der Waals surface area (Å²) in [6, 6.07) is 8.33. The van der Waals surface area contributed by atoms with Crippen molar-refractivity contribution in [3.05, 3.63) is 35.4 Å². The maximum Gasteiger partial charge on any atom is 0.407 e. The van der Waals surface area contributed by atoms with E-state index in [0.29, 0.717) is 0 Å². The lowest BCUT2D eigenvalue weighted by Crippen LogP contribution is -2.36. The molecule has 2 N–H and O–H groups in total. The third-order valence-corrected chi connectivity index (χ3v) is 3.72. The van der Waals surface area contributed by atoms with Crippen molar-refractivity contribution in [3.8, 4) is 0 Å². The highest BCUT2D eigenvalue weighted by Gasteiger charge is 2.21. The summed E-state index contributed by atoms with van der Waals surface area (Å²) in [4.78, 5) is 23.6. The molecule has 1 atom stereocenters. The SMILES string of the molecule is CC(C)(C)OC(=O)NCCC(=O)NC1CCCc2ccccc21. The monoisotopic (exact) mass is 318 g/mol. The van der Waals surface area contributed by atoms with Gasteiger partial charge in [0, 0.05) is 13.0 Å². The zero-order chi connectivity index (χ0) is 16.9. The molecule has 0 fully saturated rings. The molecule has 2 amide bonds. The maximum atomic E-state index is 12.1. The molecule has 0 saturated carbocycles. The van der Waals surface area contributed by atoms with Gasteiger partial charge in [-0.05, 0) is 51.2 Å². The molecule has 0 aromatic heterocycles. The number of rotatable bonds is 4. The van der Waals surface area contributed by atoms with Crippen LogP contribution in [0.1, 0.15) is 57.2 Å². The number of alkyl carbamates (subject to hydrolysis) is 1. The molecule has 0 bridgehead atoms. The van der Waals surface area contributed by atoms with E-state index in [2.05, 4.69) is 22.8 Å². The summed E-state index contributed by atoms with van der Waals surface area (Å²) in [6.07, 6.45) is 2.87. The molecular formula is C18H26N2O3. The van der Waals surface area contributed by atoms with Crippen LogP contribution >= 0.6 is 0 Å². The summed E-state index contributed by atoms with van der Waals surface area (Å²) < 4.78 is 5.13. The fourth-order valence-electron chi connectivity index (χ4n) is 2.76. The second-order valence-corrected chi connectivity index (χ2v) is 6.89. The molecule has 2 rings (SSSR count). The second kappa shape index (κ2) is 7.49. The average molecular weight is 318 g/mol. The van der Waals surface area contributed by atoms with Gasteiger partial charge in [0.2, 0.25) is 5.91 Å². The van der Waals surface area contributed by atoms with Crippen molar-refractivity contribution in [2.45, 2.75) is 58.1 Å². The molecule has 23 heavy (non-hydrogen) atoms. The van der Waals surface area contributed by atoms with Crippen LogP contribution in [0.2, 0.25) is 0 Å². The van der Waals surface area contributed by atoms with Gasteiger partial charge in [0.15, 0.2) is 0 Å². The molecule has 1 aliphatic rings. The van der Waals surface area contributed by atoms with E-state index in [4.69, 9.17) is 4.74 Å². The second-order valence-electron chi connectivity index (χ2n) is 6.89. The lowest BCUT2D eigenvalue weighted by molar-refractivity contribution is -0.121. The van der Waals surface area contributed by atoms with Gasteiger partial charge in [0.05, 0.1) is 6.04 Å². The summed E-state index contributed by atoms with van der Waals surface area (Å²) >= 11 is 0. The van der Waals surface area contributed by atoms with Gasteiger partial charge in [0.1, 0.15) is 5.60 Å². The Balaban J connectivity index is 1.77. The largest absolute Gasteiger partial charge is 0.444 e. The van der Waals surface area contributed by atoms with E-state index in [1.54, 1.807) is 20.8 Å². The van der Waals surface area contributed by atoms with Crippen molar-refractivity contribution < 1.29 is 14.3 Å². The minimum Gasteiger partial charge on any atom is -0.444 e. The molecule has 0 heterocycles. The van der Waals surface area contributed by atoms with Crippen molar-refractivity contribution in [3.63, 3.8) is 0 Å². The molecule has 1 unspecified atom stereocenters. The van der Waals surface area contributed by atoms with Gasteiger partial charge < -0.3 is 15.4 Å². The number of fused-ring (bicyclic) bond motifs is 1. The van der Waals surface area contributed by atoms with Crippen LogP contribution in [0.3, 0.4) is 0 Å². The lowest BCUT2D eigenvalue weighted by atomic mass is 9.88. The molecule has 1 aliphatic carbocycles. The average Bonchev–Trinajstić information content (AvgIpc) is 2.45. The number of carbonyl (C=O) groups is 2. The summed E-state index contributed by atoms with van der Waals surface area (Å²) in [5.74, 6) is -0.0530. The smallest absolute Gasteiger partial charge is 0.407 e. The van der Waals surface area contributed by atoms with Crippen LogP contribution < -0.4 is 10.6 Å². The standard InChI is InChI=1S/C18H26N2O3/c1-18(2,3)23-17(22)19-12-11-16(21)20-15-10-6-8-13-7-4-5-9-14(13)15/h4-5,7,9,15H,6,8,10-12H2,1-3H3,(H,19,22)(H,20,21). The molecule has 5 nitrogen and oxygen atoms in total. The summed E-state index contributed by atoms with van der Waals surface area (Å²) in [6.45, 7) is 5.69. The van der Waals surface area contributed by atoms with E-state index < -0.39 is 11.7 Å². The first-order chi connectivity index (χ1) is 10.8. The molecule has 0 spiro atoms. The number of aryl methyl sites for hydroxylation is 1. The molecule has 1 aromatic rings. The number of hydrogen-bond acceptors (Lipinski definition) is 3. The number of amides is 2. The van der Waals surface area contributed by atoms with E-state index in [9.17, 15) is 9.59 Å². The Morgan fingerprint density at radius 1 is 1.26 bits per heavy atom. The van der Waals surface area contributed by atoms with Crippen LogP contribution in [0.25, 0.3) is 0 Å². The van der Waals surface area contributed by atoms with E-state index in [1.807, 2.05) is 12.1 Å². The summed E-state index contributed by atoms with van der Waals surface area (Å²) in [7, 11) is 0. The third-order valence-electron chi connectivity index (χ3n) is 3.72. The number of nitrogens with one attached hydrogen (secondary N) is 2. The van der Waals surface area contributed by atoms with Crippen molar-refractivity contribution in [2.24, 2.45) is 0 Å². The van der Waals surface area contributed by atoms with E-state index in [-0.39, 0.29) is 24.9 Å². The first-order valence-electron chi connectivity index (χ1n) is 8.19. The number of ether oxygens (including phenoxy) is 1. The van der Waals surface area contributed by atoms with Gasteiger partial charge in [0.25, 0.3) is 0 Å². The number of benzene rings is 1. The maximum absolute atomic E-state index is 12.1. The van der Waals surface area contributed by atoms with Crippen molar-refractivity contribution >= 4 is 12.0 Å². The normalized spacial score (nSPS) is 17.1. The van der Waals surface area contributed by atoms with E-state index in [1.165, 1.54) is 11.1 Å². The van der Waals surface area contributed by atoms with Crippen LogP contribution in [0.4, 0.5) is 4.79 Å². The minimum atomic E-state index is -0.530. The quantitative estimate of drug-likeness (QED) is 0.896. The molecular weight excluding hydrogens is 292 g/mol. The van der Waals surface area contributed by atoms with Crippen LogP contribution in [0, 0.1) is 0 Å². The highest BCUT2D eigenvalue weighted by Crippen LogP contribution is 2.29. The molecule has 5 heteroatoms. The predicted octanol–water partition coefficient (Wildman–Crippen LogP) is 3.10. The zero-order valence-electron chi connectivity index (χ0n) is 14.1. The predicted molar refractivity (Wildman–Crippen MR) is 89.1 cm³/mol. The van der Waals surface area contributed by atoms with Gasteiger partial charge in [-0.1, -0.05) is 24.3 Å². The van der Waals surface area contributed by atoms with Gasteiger partial charge in [-0.15, -0.1) is 0 Å². The fourth-order valence-corrected chi connectivity index (χ4v) is 2.76. The Morgan fingerprint density at radius 3 is 2.74 bits per heavy atom. The third kappa shape index (κ3) is 5.58. The minimum absolute atomic E-state index is 0.0530. The molecule has 0 saturated heterocycles. The Morgan fingerprint density at radius 2 is 2.00 bits per heavy atom. The zero-order valence-corrected chi connectivity index (χ0v) is 14.1. The topological polar surface area (TPSA) is 67.4 Å². The number of carbonyl (C=O) groups excluding carboxylic acids is 2. The van der Waals surface area contributed by atoms with Crippen molar-refractivity contribution in [1.29, 1.82) is 0 Å². The molecule has 126 valence electrons. The van der Waals surface area contributed by atoms with Crippen molar-refractivity contribution in [2.75, 3.05) is 6.54 Å². The van der Waals surface area contributed by atoms with E-state index in [0.717, 1.165) is 19.3 Å². The lowest BCUT2D eigenvalue weighted by Gasteiger charge is -2.26. The van der Waals surface area contributed by atoms with Gasteiger partial charge in [-0.2, -0.15) is 0 Å². The van der Waals surface area contributed by atoms with Gasteiger partial charge >= 0.3 is 6.09 Å². The van der Waals surface area contributed by atoms with Crippen LogP contribution in [0.5, 0.6) is 0 Å². The van der Waals surface area contributed by atoms with Crippen LogP contribution in [0.15, 0.2) is 24.3 Å². The van der Waals surface area contributed by atoms with Crippen LogP contribution in [-0.4, -0.2) is 24.1 Å². The fraction of sp³-hybridized carbons (Fsp3) is 0.556. The molecule has 1 aromatic carbocycles. The Hall–Kier alpha value is -2.04. The van der Waals surface area contributed by atoms with E-state index >= 15 is 0 Å². The molecule has 0 radical (unpaired) electrons. The van der Waals surface area contributed by atoms with Crippen molar-refractivity contribution in [1.82, 2.24) is 10.6 Å². The number of hydrogen-bond donors (Lipinski definition) is 2. The van der Waals surface area contributed by atoms with Gasteiger partial charge in [-0.25, -0.2) is 4.79 Å². The summed E-state index contributed by atoms with van der Waals surface area (Å²) in [5, 5.41) is 5.67. The summed E-state index contributed by atoms with van der Waals surface area (Å²) in [5.41, 5.74) is 2.00. The highest BCUT2D eigenvalue weighted by atomic mass is 16.6. The Kier molecular flexibility index (Phi) is 5.64. The Labute approximate surface area is 137 Å². The first kappa shape index (κ1) is 17.3. The van der Waals surface area contributed by atoms with Gasteiger partial charge in [-0.3, -0.25) is 4.79 Å². The highest BCUT2D eigenvalue weighted by molar-refractivity contribution is 5.77. The Bertz CT molecular complexity index is 564. The molecule has 0 aliphatic heterocycles.